The number of rotatable bonds is 8. The van der Waals surface area contributed by atoms with Crippen LogP contribution in [0.2, 0.25) is 0 Å². The molecule has 0 aromatic carbocycles. The van der Waals surface area contributed by atoms with E-state index in [9.17, 15) is 18.0 Å². The Kier molecular flexibility index (Phi) is 5.89. The molecule has 112 valence electrons. The van der Waals surface area contributed by atoms with Crippen LogP contribution in [-0.2, 0) is 30.8 Å². The third-order valence-electron chi connectivity index (χ3n) is 2.15. The quantitative estimate of drug-likeness (QED) is 0.667. The summed E-state index contributed by atoms with van der Waals surface area (Å²) in [4.78, 5) is 25.2. The van der Waals surface area contributed by atoms with Crippen LogP contribution in [0.25, 0.3) is 0 Å². The summed E-state index contributed by atoms with van der Waals surface area (Å²) in [7, 11) is -2.38. The van der Waals surface area contributed by atoms with E-state index in [-0.39, 0.29) is 35.8 Å². The molecule has 0 unspecified atom stereocenters. The Hall–Kier alpha value is -1.68. The molecule has 8 nitrogen and oxygen atoms in total. The predicted molar refractivity (Wildman–Crippen MR) is 72.1 cm³/mol. The Morgan fingerprint density at radius 2 is 2.20 bits per heavy atom. The van der Waals surface area contributed by atoms with Crippen LogP contribution in [-0.4, -0.2) is 43.3 Å². The van der Waals surface area contributed by atoms with E-state index in [2.05, 4.69) is 14.4 Å². The van der Waals surface area contributed by atoms with Gasteiger partial charge < -0.3 is 9.84 Å². The number of sulfonamides is 1. The van der Waals surface area contributed by atoms with Gasteiger partial charge >= 0.3 is 11.9 Å². The van der Waals surface area contributed by atoms with Crippen molar-refractivity contribution in [1.29, 1.82) is 0 Å². The van der Waals surface area contributed by atoms with Gasteiger partial charge in [0.05, 0.1) is 25.0 Å². The van der Waals surface area contributed by atoms with E-state index < -0.39 is 22.0 Å². The van der Waals surface area contributed by atoms with Gasteiger partial charge in [-0.1, -0.05) is 0 Å². The lowest BCUT2D eigenvalue weighted by atomic mass is 10.3. The number of anilines is 1. The van der Waals surface area contributed by atoms with E-state index in [1.54, 1.807) is 0 Å². The number of carbonyl (C=O) groups is 2. The fourth-order valence-corrected chi connectivity index (χ4v) is 3.35. The molecule has 0 aliphatic rings. The highest BCUT2D eigenvalue weighted by Crippen LogP contribution is 2.17. The van der Waals surface area contributed by atoms with Gasteiger partial charge in [-0.15, -0.1) is 11.3 Å². The van der Waals surface area contributed by atoms with E-state index in [0.717, 1.165) is 11.3 Å². The van der Waals surface area contributed by atoms with Gasteiger partial charge in [-0.05, 0) is 6.42 Å². The molecule has 10 heteroatoms. The Morgan fingerprint density at radius 1 is 1.50 bits per heavy atom. The van der Waals surface area contributed by atoms with Gasteiger partial charge in [0, 0.05) is 11.8 Å². The molecule has 20 heavy (non-hydrogen) atoms. The number of hydrogen-bond donors (Lipinski definition) is 2. The second-order valence-electron chi connectivity index (χ2n) is 3.82. The van der Waals surface area contributed by atoms with Crippen molar-refractivity contribution in [1.82, 2.24) is 4.98 Å². The summed E-state index contributed by atoms with van der Waals surface area (Å²) in [6.45, 7) is 0. The molecule has 2 N–H and O–H groups in total. The molecule has 0 saturated carbocycles. The monoisotopic (exact) mass is 322 g/mol. The molecule has 0 amide bonds. The van der Waals surface area contributed by atoms with Crippen molar-refractivity contribution >= 4 is 38.4 Å². The molecule has 1 heterocycles. The normalized spacial score (nSPS) is 11.1. The van der Waals surface area contributed by atoms with Gasteiger partial charge in [0.2, 0.25) is 10.0 Å². The maximum atomic E-state index is 11.7. The number of esters is 1. The highest BCUT2D eigenvalue weighted by Gasteiger charge is 2.14. The number of ether oxygens (including phenoxy) is 1. The lowest BCUT2D eigenvalue weighted by molar-refractivity contribution is -0.140. The Morgan fingerprint density at radius 3 is 2.80 bits per heavy atom. The molecule has 1 rings (SSSR count). The topological polar surface area (TPSA) is 123 Å². The molecule has 0 bridgehead atoms. The van der Waals surface area contributed by atoms with E-state index in [4.69, 9.17) is 5.11 Å². The zero-order valence-electron chi connectivity index (χ0n) is 10.7. The van der Waals surface area contributed by atoms with Gasteiger partial charge in [0.25, 0.3) is 0 Å². The minimum Gasteiger partial charge on any atom is -0.481 e. The van der Waals surface area contributed by atoms with Crippen LogP contribution in [0.5, 0.6) is 0 Å². The highest BCUT2D eigenvalue weighted by molar-refractivity contribution is 7.92. The van der Waals surface area contributed by atoms with Crippen LogP contribution < -0.4 is 4.72 Å². The predicted octanol–water partition coefficient (Wildman–Crippen LogP) is 0.465. The van der Waals surface area contributed by atoms with Crippen molar-refractivity contribution in [2.75, 3.05) is 17.6 Å². The number of methoxy groups -OCH3 is 1. The standard InChI is InChI=1S/C10H14N2O6S2/c1-18-9(15)3-2-4-20(16,17)12-10-11-7(6-19-10)5-8(13)14/h6H,2-5H2,1H3,(H,11,12)(H,13,14). The van der Waals surface area contributed by atoms with E-state index in [1.165, 1.54) is 12.5 Å². The highest BCUT2D eigenvalue weighted by atomic mass is 32.2. The third-order valence-corrected chi connectivity index (χ3v) is 4.41. The van der Waals surface area contributed by atoms with Crippen LogP contribution in [0.4, 0.5) is 5.13 Å². The number of carboxylic acid groups (broad SMARTS) is 1. The molecule has 1 aromatic rings. The van der Waals surface area contributed by atoms with Crippen molar-refractivity contribution in [3.8, 4) is 0 Å². The summed E-state index contributed by atoms with van der Waals surface area (Å²) in [5.41, 5.74) is 0.287. The first-order valence-corrected chi connectivity index (χ1v) is 8.09. The Bertz CT molecular complexity index is 580. The fourth-order valence-electron chi connectivity index (χ4n) is 1.28. The molecule has 0 aliphatic heterocycles. The number of carbonyl (C=O) groups excluding carboxylic acids is 1. The maximum Gasteiger partial charge on any atom is 0.309 e. The molecule has 0 aliphatic carbocycles. The van der Waals surface area contributed by atoms with Gasteiger partial charge in [0.15, 0.2) is 5.13 Å². The largest absolute Gasteiger partial charge is 0.481 e. The van der Waals surface area contributed by atoms with Crippen LogP contribution >= 0.6 is 11.3 Å². The van der Waals surface area contributed by atoms with Crippen LogP contribution in [0.3, 0.4) is 0 Å². The molecule has 0 spiro atoms. The fraction of sp³-hybridized carbons (Fsp3) is 0.500. The minimum atomic E-state index is -3.61. The number of carboxylic acids is 1. The smallest absolute Gasteiger partial charge is 0.309 e. The molecular weight excluding hydrogens is 308 g/mol. The van der Waals surface area contributed by atoms with E-state index >= 15 is 0 Å². The van der Waals surface area contributed by atoms with E-state index in [1.807, 2.05) is 0 Å². The average Bonchev–Trinajstić information content (AvgIpc) is 2.74. The average molecular weight is 322 g/mol. The van der Waals surface area contributed by atoms with Crippen molar-refractivity contribution in [3.05, 3.63) is 11.1 Å². The lowest BCUT2D eigenvalue weighted by Gasteiger charge is -2.04. The summed E-state index contributed by atoms with van der Waals surface area (Å²) < 4.78 is 30.0. The maximum absolute atomic E-state index is 11.7. The number of hydrogen-bond acceptors (Lipinski definition) is 7. The number of thiazole rings is 1. The summed E-state index contributed by atoms with van der Waals surface area (Å²) in [6.07, 6.45) is -0.116. The Labute approximate surface area is 119 Å². The summed E-state index contributed by atoms with van der Waals surface area (Å²) in [5.74, 6) is -1.75. The first kappa shape index (κ1) is 16.4. The first-order valence-electron chi connectivity index (χ1n) is 5.56. The SMILES string of the molecule is COC(=O)CCCS(=O)(=O)Nc1nc(CC(=O)O)cs1. The zero-order chi connectivity index (χ0) is 15.2. The molecule has 1 aromatic heterocycles. The van der Waals surface area contributed by atoms with Gasteiger partial charge in [-0.3, -0.25) is 14.3 Å². The van der Waals surface area contributed by atoms with Gasteiger partial charge in [-0.2, -0.15) is 0 Å². The van der Waals surface area contributed by atoms with Crippen molar-refractivity contribution in [2.24, 2.45) is 0 Å². The molecule has 0 fully saturated rings. The van der Waals surface area contributed by atoms with Crippen molar-refractivity contribution in [3.63, 3.8) is 0 Å². The number of aromatic nitrogens is 1. The lowest BCUT2D eigenvalue weighted by Crippen LogP contribution is -2.17. The van der Waals surface area contributed by atoms with Crippen LogP contribution in [0.15, 0.2) is 5.38 Å². The minimum absolute atomic E-state index is 0.0134. The summed E-state index contributed by atoms with van der Waals surface area (Å²) in [5, 5.41) is 10.2. The summed E-state index contributed by atoms with van der Waals surface area (Å²) in [6, 6.07) is 0. The number of aliphatic carboxylic acids is 1. The van der Waals surface area contributed by atoms with Crippen LogP contribution in [0, 0.1) is 0 Å². The molecule has 0 radical (unpaired) electrons. The van der Waals surface area contributed by atoms with Gasteiger partial charge in [-0.25, -0.2) is 13.4 Å². The van der Waals surface area contributed by atoms with E-state index in [0.29, 0.717) is 0 Å². The third kappa shape index (κ3) is 5.97. The zero-order valence-corrected chi connectivity index (χ0v) is 12.3. The van der Waals surface area contributed by atoms with Crippen LogP contribution in [0.1, 0.15) is 18.5 Å². The number of nitrogens with zero attached hydrogens (tertiary/aromatic N) is 1. The van der Waals surface area contributed by atoms with Gasteiger partial charge in [0.1, 0.15) is 0 Å². The molecule has 0 atom stereocenters. The molecule has 0 saturated heterocycles. The first-order chi connectivity index (χ1) is 9.32. The second kappa shape index (κ2) is 7.20. The van der Waals surface area contributed by atoms with Crippen molar-refractivity contribution in [2.45, 2.75) is 19.3 Å². The second-order valence-corrected chi connectivity index (χ2v) is 6.52. The number of nitrogens with one attached hydrogen (secondary N) is 1. The summed E-state index contributed by atoms with van der Waals surface area (Å²) >= 11 is 1.01. The Balaban J connectivity index is 2.51. The molecular formula is C10H14N2O6S2. The van der Waals surface area contributed by atoms with Crippen molar-refractivity contribution < 1.29 is 27.9 Å².